The topological polar surface area (TPSA) is 38.1 Å². The Hall–Kier alpha value is -1.65. The summed E-state index contributed by atoms with van der Waals surface area (Å²) in [6.45, 7) is 6.19. The van der Waals surface area contributed by atoms with E-state index < -0.39 is 0 Å². The molecular weight excluding hydrogens is 280 g/mol. The van der Waals surface area contributed by atoms with Gasteiger partial charge in [-0.05, 0) is 25.5 Å². The predicted molar refractivity (Wildman–Crippen MR) is 88.7 cm³/mol. The summed E-state index contributed by atoms with van der Waals surface area (Å²) < 4.78 is 6.04. The van der Waals surface area contributed by atoms with Crippen LogP contribution in [0, 0.1) is 0 Å². The van der Waals surface area contributed by atoms with Crippen LogP contribution in [0.3, 0.4) is 0 Å². The smallest absolute Gasteiger partial charge is 0.157 e. The van der Waals surface area contributed by atoms with Gasteiger partial charge >= 0.3 is 0 Å². The first kappa shape index (κ1) is 14.3. The monoisotopic (exact) mass is 300 g/mol. The molecule has 3 rings (SSSR count). The molecule has 0 aliphatic heterocycles. The van der Waals surface area contributed by atoms with Crippen molar-refractivity contribution in [2.75, 3.05) is 6.54 Å². The Kier molecular flexibility index (Phi) is 4.36. The minimum Gasteiger partial charge on any atom is -0.454 e. The molecule has 0 spiro atoms. The molecule has 0 atom stereocenters. The van der Waals surface area contributed by atoms with Crippen molar-refractivity contribution >= 4 is 22.3 Å². The van der Waals surface area contributed by atoms with Gasteiger partial charge in [0.25, 0.3) is 0 Å². The van der Waals surface area contributed by atoms with Gasteiger partial charge in [0.05, 0.1) is 0 Å². The van der Waals surface area contributed by atoms with Gasteiger partial charge in [-0.3, -0.25) is 0 Å². The molecule has 1 N–H and O–H groups in total. The van der Waals surface area contributed by atoms with Crippen molar-refractivity contribution in [2.45, 2.75) is 33.2 Å². The van der Waals surface area contributed by atoms with Crippen LogP contribution in [-0.2, 0) is 13.0 Å². The van der Waals surface area contributed by atoms with E-state index in [0.717, 1.165) is 48.0 Å². The van der Waals surface area contributed by atoms with Crippen LogP contribution in [-0.4, -0.2) is 11.5 Å². The molecule has 3 nitrogen and oxygen atoms in total. The number of hydrogen-bond acceptors (Lipinski definition) is 4. The number of furan rings is 1. The Morgan fingerprint density at radius 1 is 1.24 bits per heavy atom. The lowest BCUT2D eigenvalue weighted by Crippen LogP contribution is -2.13. The van der Waals surface area contributed by atoms with Crippen LogP contribution >= 0.6 is 11.3 Å². The van der Waals surface area contributed by atoms with Crippen LogP contribution in [0.4, 0.5) is 0 Å². The average Bonchev–Trinajstić information content (AvgIpc) is 3.11. The molecule has 0 saturated carbocycles. The second-order valence-corrected chi connectivity index (χ2v) is 6.01. The average molecular weight is 300 g/mol. The van der Waals surface area contributed by atoms with Crippen molar-refractivity contribution in [3.63, 3.8) is 0 Å². The molecule has 0 unspecified atom stereocenters. The summed E-state index contributed by atoms with van der Waals surface area (Å²) in [5, 5.41) is 7.80. The lowest BCUT2D eigenvalue weighted by Gasteiger charge is -1.98. The van der Waals surface area contributed by atoms with Crippen LogP contribution in [0.15, 0.2) is 34.1 Å². The van der Waals surface area contributed by atoms with E-state index in [1.807, 2.05) is 12.1 Å². The first-order valence-electron chi connectivity index (χ1n) is 7.49. The third kappa shape index (κ3) is 2.87. The minimum absolute atomic E-state index is 0.834. The molecule has 0 aliphatic carbocycles. The molecule has 2 heterocycles. The Morgan fingerprint density at radius 3 is 2.90 bits per heavy atom. The van der Waals surface area contributed by atoms with Crippen molar-refractivity contribution in [1.82, 2.24) is 10.3 Å². The number of rotatable bonds is 6. The third-order valence-electron chi connectivity index (χ3n) is 3.54. The Bertz CT molecular complexity index is 729. The molecule has 110 valence electrons. The zero-order valence-electron chi connectivity index (χ0n) is 12.5. The first-order valence-corrected chi connectivity index (χ1v) is 8.37. The largest absolute Gasteiger partial charge is 0.454 e. The van der Waals surface area contributed by atoms with Gasteiger partial charge in [-0.15, -0.1) is 11.3 Å². The van der Waals surface area contributed by atoms with Crippen LogP contribution < -0.4 is 5.32 Å². The van der Waals surface area contributed by atoms with Gasteiger partial charge in [0, 0.05) is 22.9 Å². The Balaban J connectivity index is 1.93. The van der Waals surface area contributed by atoms with Crippen LogP contribution in [0.5, 0.6) is 0 Å². The SMILES string of the molecule is CCCNCc1nc(-c2oc3ccccc3c2CC)cs1. The Labute approximate surface area is 129 Å². The zero-order valence-corrected chi connectivity index (χ0v) is 13.3. The van der Waals surface area contributed by atoms with E-state index in [0.29, 0.717) is 0 Å². The van der Waals surface area contributed by atoms with Crippen molar-refractivity contribution in [1.29, 1.82) is 0 Å². The maximum atomic E-state index is 6.04. The van der Waals surface area contributed by atoms with Gasteiger partial charge in [0.15, 0.2) is 5.76 Å². The number of aromatic nitrogens is 1. The van der Waals surface area contributed by atoms with Gasteiger partial charge in [-0.25, -0.2) is 4.98 Å². The number of benzene rings is 1. The van der Waals surface area contributed by atoms with Crippen molar-refractivity contribution in [3.8, 4) is 11.5 Å². The van der Waals surface area contributed by atoms with Crippen molar-refractivity contribution in [3.05, 3.63) is 40.2 Å². The van der Waals surface area contributed by atoms with E-state index in [2.05, 4.69) is 36.7 Å². The number of fused-ring (bicyclic) bond motifs is 1. The summed E-state index contributed by atoms with van der Waals surface area (Å²) in [7, 11) is 0. The van der Waals surface area contributed by atoms with Crippen LogP contribution in [0.2, 0.25) is 0 Å². The van der Waals surface area contributed by atoms with Gasteiger partial charge in [0.1, 0.15) is 16.3 Å². The maximum Gasteiger partial charge on any atom is 0.157 e. The molecule has 2 aromatic heterocycles. The number of hydrogen-bond donors (Lipinski definition) is 1. The van der Waals surface area contributed by atoms with Gasteiger partial charge in [-0.2, -0.15) is 0 Å². The molecule has 1 aromatic carbocycles. The summed E-state index contributed by atoms with van der Waals surface area (Å²) in [5.41, 5.74) is 3.16. The highest BCUT2D eigenvalue weighted by Gasteiger charge is 2.16. The number of aryl methyl sites for hydroxylation is 1. The highest BCUT2D eigenvalue weighted by Crippen LogP contribution is 2.34. The van der Waals surface area contributed by atoms with Crippen molar-refractivity contribution in [2.24, 2.45) is 0 Å². The normalized spacial score (nSPS) is 11.3. The fraction of sp³-hybridized carbons (Fsp3) is 0.353. The molecule has 4 heteroatoms. The quantitative estimate of drug-likeness (QED) is 0.675. The molecule has 0 aliphatic rings. The van der Waals surface area contributed by atoms with Gasteiger partial charge in [0.2, 0.25) is 0 Å². The fourth-order valence-electron chi connectivity index (χ4n) is 2.53. The summed E-state index contributed by atoms with van der Waals surface area (Å²) in [6, 6.07) is 8.21. The lowest BCUT2D eigenvalue weighted by atomic mass is 10.1. The molecule has 0 saturated heterocycles. The first-order chi connectivity index (χ1) is 10.3. The summed E-state index contributed by atoms with van der Waals surface area (Å²) >= 11 is 1.69. The van der Waals surface area contributed by atoms with Crippen molar-refractivity contribution < 1.29 is 4.42 Å². The van der Waals surface area contributed by atoms with E-state index in [4.69, 9.17) is 9.40 Å². The molecule has 3 aromatic rings. The number of nitrogens with one attached hydrogen (secondary N) is 1. The molecule has 0 amide bonds. The van der Waals surface area contributed by atoms with Crippen LogP contribution in [0.25, 0.3) is 22.4 Å². The molecular formula is C17H20N2OS. The van der Waals surface area contributed by atoms with E-state index in [1.165, 1.54) is 10.9 Å². The zero-order chi connectivity index (χ0) is 14.7. The van der Waals surface area contributed by atoms with E-state index in [9.17, 15) is 0 Å². The van der Waals surface area contributed by atoms with E-state index in [-0.39, 0.29) is 0 Å². The van der Waals surface area contributed by atoms with Crippen LogP contribution in [0.1, 0.15) is 30.8 Å². The maximum absolute atomic E-state index is 6.04. The number of thiazole rings is 1. The summed E-state index contributed by atoms with van der Waals surface area (Å²) in [4.78, 5) is 4.72. The highest BCUT2D eigenvalue weighted by molar-refractivity contribution is 7.09. The van der Waals surface area contributed by atoms with E-state index in [1.54, 1.807) is 11.3 Å². The predicted octanol–water partition coefficient (Wildman–Crippen LogP) is 4.62. The summed E-state index contributed by atoms with van der Waals surface area (Å²) in [6.07, 6.45) is 2.09. The minimum atomic E-state index is 0.834. The number of nitrogens with zero attached hydrogens (tertiary/aromatic N) is 1. The second kappa shape index (κ2) is 6.41. The van der Waals surface area contributed by atoms with E-state index >= 15 is 0 Å². The molecule has 21 heavy (non-hydrogen) atoms. The highest BCUT2D eigenvalue weighted by atomic mass is 32.1. The molecule has 0 fully saturated rings. The Morgan fingerprint density at radius 2 is 2.10 bits per heavy atom. The van der Waals surface area contributed by atoms with Gasteiger partial charge < -0.3 is 9.73 Å². The van der Waals surface area contributed by atoms with Gasteiger partial charge in [-0.1, -0.05) is 32.0 Å². The number of para-hydroxylation sites is 1. The molecule has 0 bridgehead atoms. The summed E-state index contributed by atoms with van der Waals surface area (Å²) in [5.74, 6) is 0.927. The lowest BCUT2D eigenvalue weighted by molar-refractivity contribution is 0.623. The third-order valence-corrected chi connectivity index (χ3v) is 4.39. The second-order valence-electron chi connectivity index (χ2n) is 5.06. The fourth-order valence-corrected chi connectivity index (χ4v) is 3.27. The molecule has 0 radical (unpaired) electrons. The standard InChI is InChI=1S/C17H20N2OS/c1-3-9-18-10-16-19-14(11-21-16)17-12(4-2)13-7-5-6-8-15(13)20-17/h5-8,11,18H,3-4,9-10H2,1-2H3.